The van der Waals surface area contributed by atoms with Gasteiger partial charge in [0.05, 0.1) is 6.04 Å². The van der Waals surface area contributed by atoms with Gasteiger partial charge in [-0.3, -0.25) is 10.1 Å². The fraction of sp³-hybridized carbons (Fsp3) is 0.500. The fourth-order valence-corrected chi connectivity index (χ4v) is 2.35. The maximum Gasteiger partial charge on any atom is 0.241 e. The molecular weight excluding hydrogens is 247 g/mol. The van der Waals surface area contributed by atoms with E-state index in [2.05, 4.69) is 5.32 Å². The minimum atomic E-state index is -0.289. The van der Waals surface area contributed by atoms with E-state index in [0.717, 1.165) is 12.0 Å². The maximum atomic E-state index is 13.3. The Morgan fingerprint density at radius 3 is 2.95 bits per heavy atom. The molecule has 1 heterocycles. The number of benzene rings is 1. The molecule has 0 spiro atoms. The Bertz CT molecular complexity index is 453. The van der Waals surface area contributed by atoms with Crippen LogP contribution < -0.4 is 5.32 Å². The summed E-state index contributed by atoms with van der Waals surface area (Å²) in [6.07, 6.45) is 0.512. The summed E-state index contributed by atoms with van der Waals surface area (Å²) >= 11 is 0. The van der Waals surface area contributed by atoms with E-state index in [-0.39, 0.29) is 23.9 Å². The average Bonchev–Trinajstić information content (AvgIpc) is 2.67. The van der Waals surface area contributed by atoms with Crippen molar-refractivity contribution in [2.45, 2.75) is 25.6 Å². The van der Waals surface area contributed by atoms with Crippen LogP contribution in [0.3, 0.4) is 0 Å². The van der Waals surface area contributed by atoms with Crippen LogP contribution in [0.25, 0.3) is 0 Å². The van der Waals surface area contributed by atoms with Crippen LogP contribution in [0.5, 0.6) is 0 Å². The van der Waals surface area contributed by atoms with Gasteiger partial charge in [-0.05, 0) is 31.0 Å². The van der Waals surface area contributed by atoms with E-state index in [0.29, 0.717) is 13.2 Å². The van der Waals surface area contributed by atoms with Crippen LogP contribution in [-0.4, -0.2) is 37.1 Å². The molecule has 1 aromatic carbocycles. The second kappa shape index (κ2) is 6.12. The van der Waals surface area contributed by atoms with E-state index in [9.17, 15) is 9.18 Å². The highest BCUT2D eigenvalue weighted by atomic mass is 19.1. The van der Waals surface area contributed by atoms with Gasteiger partial charge in [0, 0.05) is 20.3 Å². The number of nitrogens with zero attached hydrogens (tertiary/aromatic N) is 1. The molecule has 2 rings (SSSR count). The number of halogens is 1. The van der Waals surface area contributed by atoms with Crippen molar-refractivity contribution in [3.63, 3.8) is 0 Å². The highest BCUT2D eigenvalue weighted by Crippen LogP contribution is 2.25. The number of ether oxygens (including phenoxy) is 1. The van der Waals surface area contributed by atoms with Crippen molar-refractivity contribution in [3.8, 4) is 0 Å². The molecule has 0 bridgehead atoms. The van der Waals surface area contributed by atoms with Gasteiger partial charge < -0.3 is 9.64 Å². The predicted molar refractivity (Wildman–Crippen MR) is 69.9 cm³/mol. The van der Waals surface area contributed by atoms with Crippen molar-refractivity contribution < 1.29 is 13.9 Å². The molecule has 0 aliphatic carbocycles. The lowest BCUT2D eigenvalue weighted by Gasteiger charge is -2.24. The molecular formula is C14H19FN2O2. The minimum Gasteiger partial charge on any atom is -0.385 e. The third-order valence-corrected chi connectivity index (χ3v) is 3.28. The van der Waals surface area contributed by atoms with E-state index >= 15 is 0 Å². The first-order valence-electron chi connectivity index (χ1n) is 6.44. The number of carbonyl (C=O) groups excluding carboxylic acids is 1. The monoisotopic (exact) mass is 266 g/mol. The van der Waals surface area contributed by atoms with Crippen molar-refractivity contribution in [2.75, 3.05) is 20.3 Å². The van der Waals surface area contributed by atoms with Gasteiger partial charge in [0.2, 0.25) is 5.91 Å². The normalized spacial score (nSPS) is 23.1. The Morgan fingerprint density at radius 1 is 1.47 bits per heavy atom. The number of rotatable bonds is 5. The molecule has 19 heavy (non-hydrogen) atoms. The fourth-order valence-electron chi connectivity index (χ4n) is 2.35. The van der Waals surface area contributed by atoms with Gasteiger partial charge in [-0.25, -0.2) is 4.39 Å². The zero-order valence-corrected chi connectivity index (χ0v) is 11.2. The summed E-state index contributed by atoms with van der Waals surface area (Å²) in [5.74, 6) is -0.242. The molecule has 1 aliphatic heterocycles. The van der Waals surface area contributed by atoms with Crippen molar-refractivity contribution in [1.29, 1.82) is 0 Å². The minimum absolute atomic E-state index is 0.0466. The first-order valence-corrected chi connectivity index (χ1v) is 6.44. The number of hydrogen-bond donors (Lipinski definition) is 1. The molecule has 0 radical (unpaired) electrons. The topological polar surface area (TPSA) is 41.6 Å². The highest BCUT2D eigenvalue weighted by Gasteiger charge is 2.36. The van der Waals surface area contributed by atoms with Crippen LogP contribution >= 0.6 is 0 Å². The van der Waals surface area contributed by atoms with E-state index in [1.165, 1.54) is 12.1 Å². The number of nitrogens with one attached hydrogen (secondary N) is 1. The molecule has 1 aromatic rings. The largest absolute Gasteiger partial charge is 0.385 e. The van der Waals surface area contributed by atoms with Gasteiger partial charge in [0.25, 0.3) is 0 Å². The summed E-state index contributed by atoms with van der Waals surface area (Å²) in [5, 5.41) is 3.19. The number of amides is 1. The Morgan fingerprint density at radius 2 is 2.26 bits per heavy atom. The van der Waals surface area contributed by atoms with E-state index in [1.807, 2.05) is 13.0 Å². The van der Waals surface area contributed by atoms with Crippen molar-refractivity contribution in [2.24, 2.45) is 0 Å². The molecule has 1 aliphatic rings. The standard InChI is InChI=1S/C14H19FN2O2/c1-10-14(18)17(7-4-8-19-2)13(16-10)11-5-3-6-12(15)9-11/h3,5-6,9-10,13,16H,4,7-8H2,1-2H3. The van der Waals surface area contributed by atoms with Crippen LogP contribution in [-0.2, 0) is 9.53 Å². The van der Waals surface area contributed by atoms with Crippen molar-refractivity contribution in [3.05, 3.63) is 35.6 Å². The molecule has 5 heteroatoms. The maximum absolute atomic E-state index is 13.3. The molecule has 104 valence electrons. The predicted octanol–water partition coefficient (Wildman–Crippen LogP) is 1.68. The van der Waals surface area contributed by atoms with E-state index in [1.54, 1.807) is 18.1 Å². The first-order chi connectivity index (χ1) is 9.13. The Hall–Kier alpha value is -1.46. The first kappa shape index (κ1) is 14.0. The summed E-state index contributed by atoms with van der Waals surface area (Å²) in [4.78, 5) is 13.8. The van der Waals surface area contributed by atoms with Crippen LogP contribution in [0.1, 0.15) is 25.1 Å². The third kappa shape index (κ3) is 3.11. The zero-order valence-electron chi connectivity index (χ0n) is 11.2. The second-order valence-corrected chi connectivity index (χ2v) is 4.72. The number of hydrogen-bond acceptors (Lipinski definition) is 3. The van der Waals surface area contributed by atoms with Gasteiger partial charge in [0.15, 0.2) is 0 Å². The van der Waals surface area contributed by atoms with Gasteiger partial charge in [-0.1, -0.05) is 12.1 Å². The molecule has 1 N–H and O–H groups in total. The number of methoxy groups -OCH3 is 1. The van der Waals surface area contributed by atoms with E-state index < -0.39 is 0 Å². The Balaban J connectivity index is 2.15. The molecule has 2 unspecified atom stereocenters. The average molecular weight is 266 g/mol. The van der Waals surface area contributed by atoms with Crippen molar-refractivity contribution in [1.82, 2.24) is 10.2 Å². The summed E-state index contributed by atoms with van der Waals surface area (Å²) in [5.41, 5.74) is 0.773. The Labute approximate surface area is 112 Å². The van der Waals surface area contributed by atoms with Gasteiger partial charge in [-0.2, -0.15) is 0 Å². The third-order valence-electron chi connectivity index (χ3n) is 3.28. The molecule has 0 aromatic heterocycles. The van der Waals surface area contributed by atoms with Gasteiger partial charge >= 0.3 is 0 Å². The SMILES string of the molecule is COCCCN1C(=O)C(C)NC1c1cccc(F)c1. The summed E-state index contributed by atoms with van der Waals surface area (Å²) in [6.45, 7) is 3.03. The van der Waals surface area contributed by atoms with Crippen molar-refractivity contribution >= 4 is 5.91 Å². The quantitative estimate of drug-likeness (QED) is 0.824. The zero-order chi connectivity index (χ0) is 13.8. The molecule has 1 saturated heterocycles. The Kier molecular flexibility index (Phi) is 4.50. The molecule has 4 nitrogen and oxygen atoms in total. The van der Waals surface area contributed by atoms with Gasteiger partial charge in [0.1, 0.15) is 12.0 Å². The van der Waals surface area contributed by atoms with E-state index in [4.69, 9.17) is 4.74 Å². The number of carbonyl (C=O) groups is 1. The summed E-state index contributed by atoms with van der Waals surface area (Å²) in [6, 6.07) is 6.11. The van der Waals surface area contributed by atoms with Crippen LogP contribution in [0.4, 0.5) is 4.39 Å². The van der Waals surface area contributed by atoms with Crippen LogP contribution in [0, 0.1) is 5.82 Å². The van der Waals surface area contributed by atoms with Crippen LogP contribution in [0.15, 0.2) is 24.3 Å². The lowest BCUT2D eigenvalue weighted by atomic mass is 10.1. The van der Waals surface area contributed by atoms with Crippen LogP contribution in [0.2, 0.25) is 0 Å². The lowest BCUT2D eigenvalue weighted by molar-refractivity contribution is -0.130. The molecule has 2 atom stereocenters. The molecule has 1 amide bonds. The molecule has 0 saturated carbocycles. The van der Waals surface area contributed by atoms with Gasteiger partial charge in [-0.15, -0.1) is 0 Å². The summed E-state index contributed by atoms with van der Waals surface area (Å²) < 4.78 is 18.3. The lowest BCUT2D eigenvalue weighted by Crippen LogP contribution is -2.32. The summed E-state index contributed by atoms with van der Waals surface area (Å²) in [7, 11) is 1.64. The second-order valence-electron chi connectivity index (χ2n) is 4.72. The highest BCUT2D eigenvalue weighted by molar-refractivity contribution is 5.84. The molecule has 1 fully saturated rings. The smallest absolute Gasteiger partial charge is 0.241 e.